The molecule has 0 bridgehead atoms. The van der Waals surface area contributed by atoms with Gasteiger partial charge in [0.1, 0.15) is 0 Å². The smallest absolute Gasteiger partial charge is 0.253 e. The van der Waals surface area contributed by atoms with E-state index in [2.05, 4.69) is 5.32 Å². The van der Waals surface area contributed by atoms with Crippen LogP contribution in [0, 0.1) is 0 Å². The van der Waals surface area contributed by atoms with Gasteiger partial charge in [-0.1, -0.05) is 0 Å². The molecule has 0 aliphatic carbocycles. The summed E-state index contributed by atoms with van der Waals surface area (Å²) in [6.07, 6.45) is 2.43. The first-order chi connectivity index (χ1) is 3.80. The molecule has 1 unspecified atom stereocenters. The second-order valence-electron chi connectivity index (χ2n) is 2.04. The van der Waals surface area contributed by atoms with Gasteiger partial charge in [0.2, 0.25) is 0 Å². The highest BCUT2D eigenvalue weighted by Crippen LogP contribution is 2.12. The molecule has 0 spiro atoms. The van der Waals surface area contributed by atoms with Crippen molar-refractivity contribution in [3.05, 3.63) is 0 Å². The van der Waals surface area contributed by atoms with Gasteiger partial charge in [-0.25, -0.2) is 0 Å². The zero-order valence-electron chi connectivity index (χ0n) is 4.53. The van der Waals surface area contributed by atoms with Gasteiger partial charge in [-0.05, 0) is 19.4 Å². The number of hydrogen-bond acceptors (Lipinski definition) is 1. The molecule has 48 valence electrons. The van der Waals surface area contributed by atoms with Crippen molar-refractivity contribution in [2.24, 2.45) is 0 Å². The monoisotopic (exact) mass is 169 g/mol. The van der Waals surface area contributed by atoms with Crippen LogP contribution in [0.1, 0.15) is 12.8 Å². The zero-order chi connectivity index (χ0) is 5.98. The van der Waals surface area contributed by atoms with Gasteiger partial charge < -0.3 is 5.32 Å². The molecule has 1 aliphatic rings. The lowest BCUT2D eigenvalue weighted by molar-refractivity contribution is 0.789. The Morgan fingerprint density at radius 3 is 2.50 bits per heavy atom. The molecule has 1 atom stereocenters. The molecule has 4 heteroatoms. The summed E-state index contributed by atoms with van der Waals surface area (Å²) in [5, 5.41) is 3.25. The largest absolute Gasteiger partial charge is 0.314 e. The van der Waals surface area contributed by atoms with Crippen molar-refractivity contribution in [3.8, 4) is 0 Å². The summed E-state index contributed by atoms with van der Waals surface area (Å²) in [5.74, 6) is 0. The Morgan fingerprint density at radius 1 is 1.50 bits per heavy atom. The van der Waals surface area contributed by atoms with Crippen molar-refractivity contribution in [2.45, 2.75) is 18.5 Å². The molecule has 1 heterocycles. The Hall–Kier alpha value is 0.757. The molecule has 1 rings (SSSR count). The molecule has 0 aromatic heterocycles. The first-order valence-corrected chi connectivity index (χ1v) is 6.98. The minimum Gasteiger partial charge on any atom is -0.314 e. The predicted octanol–water partition coefficient (Wildman–Crippen LogP) is 0.976. The molecule has 0 saturated carbocycles. The summed E-state index contributed by atoms with van der Waals surface area (Å²) in [6, 6.07) is 0. The SMILES string of the molecule is Cl[SiH](Cl)C1CCCN1. The quantitative estimate of drug-likeness (QED) is 0.456. The van der Waals surface area contributed by atoms with E-state index in [0.29, 0.717) is 5.67 Å². The molecular formula is C4H9Cl2NSi. The fourth-order valence-corrected chi connectivity index (χ4v) is 3.05. The average molecular weight is 170 g/mol. The second kappa shape index (κ2) is 3.06. The highest BCUT2D eigenvalue weighted by Gasteiger charge is 2.21. The van der Waals surface area contributed by atoms with Gasteiger partial charge in [0.25, 0.3) is 7.42 Å². The second-order valence-corrected chi connectivity index (χ2v) is 7.00. The van der Waals surface area contributed by atoms with Crippen molar-refractivity contribution >= 4 is 29.6 Å². The summed E-state index contributed by atoms with van der Waals surface area (Å²) in [5.41, 5.74) is 0.485. The predicted molar refractivity (Wildman–Crippen MR) is 39.9 cm³/mol. The number of rotatable bonds is 1. The minimum atomic E-state index is -1.39. The Bertz CT molecular complexity index is 72.4. The molecule has 1 nitrogen and oxygen atoms in total. The van der Waals surface area contributed by atoms with E-state index in [1.807, 2.05) is 0 Å². The van der Waals surface area contributed by atoms with Crippen LogP contribution in [-0.4, -0.2) is 19.6 Å². The molecule has 0 aromatic carbocycles. The van der Waals surface area contributed by atoms with E-state index < -0.39 is 7.42 Å². The Balaban J connectivity index is 2.24. The van der Waals surface area contributed by atoms with Gasteiger partial charge in [-0.2, -0.15) is 0 Å². The third-order valence-corrected chi connectivity index (χ3v) is 4.40. The lowest BCUT2D eigenvalue weighted by atomic mass is 10.4. The van der Waals surface area contributed by atoms with E-state index in [4.69, 9.17) is 22.2 Å². The molecule has 0 amide bonds. The molecule has 1 aliphatic heterocycles. The maximum Gasteiger partial charge on any atom is 0.253 e. The Morgan fingerprint density at radius 2 is 2.25 bits per heavy atom. The van der Waals surface area contributed by atoms with Gasteiger partial charge in [-0.3, -0.25) is 0 Å². The van der Waals surface area contributed by atoms with Crippen molar-refractivity contribution < 1.29 is 0 Å². The van der Waals surface area contributed by atoms with Crippen LogP contribution in [0.15, 0.2) is 0 Å². The number of hydrogen-bond donors (Lipinski definition) is 1. The molecule has 8 heavy (non-hydrogen) atoms. The van der Waals surface area contributed by atoms with Crippen molar-refractivity contribution in [2.75, 3.05) is 6.54 Å². The van der Waals surface area contributed by atoms with Crippen LogP contribution in [0.2, 0.25) is 0 Å². The van der Waals surface area contributed by atoms with Crippen LogP contribution in [0.5, 0.6) is 0 Å². The summed E-state index contributed by atoms with van der Waals surface area (Å²) < 4.78 is 0. The van der Waals surface area contributed by atoms with Crippen LogP contribution in [0.3, 0.4) is 0 Å². The van der Waals surface area contributed by atoms with E-state index in [0.717, 1.165) is 6.54 Å². The maximum atomic E-state index is 5.73. The van der Waals surface area contributed by atoms with E-state index in [-0.39, 0.29) is 0 Å². The van der Waals surface area contributed by atoms with Crippen molar-refractivity contribution in [1.29, 1.82) is 0 Å². The van der Waals surface area contributed by atoms with Crippen LogP contribution < -0.4 is 5.32 Å². The lowest BCUT2D eigenvalue weighted by Gasteiger charge is -2.06. The van der Waals surface area contributed by atoms with Crippen LogP contribution in [-0.2, 0) is 0 Å². The normalized spacial score (nSPS) is 29.6. The molecular weight excluding hydrogens is 161 g/mol. The summed E-state index contributed by atoms with van der Waals surface area (Å²) in [4.78, 5) is 0. The van der Waals surface area contributed by atoms with Crippen molar-refractivity contribution in [1.82, 2.24) is 5.32 Å². The fourth-order valence-electron chi connectivity index (χ4n) is 0.927. The first kappa shape index (κ1) is 6.87. The highest BCUT2D eigenvalue weighted by molar-refractivity contribution is 7.34. The van der Waals surface area contributed by atoms with Crippen LogP contribution >= 0.6 is 22.2 Å². The van der Waals surface area contributed by atoms with E-state index in [9.17, 15) is 0 Å². The number of halogens is 2. The fraction of sp³-hybridized carbons (Fsp3) is 1.00. The molecule has 0 aromatic rings. The van der Waals surface area contributed by atoms with Gasteiger partial charge in [0, 0.05) is 5.67 Å². The van der Waals surface area contributed by atoms with Gasteiger partial charge >= 0.3 is 0 Å². The topological polar surface area (TPSA) is 12.0 Å². The van der Waals surface area contributed by atoms with Gasteiger partial charge in [-0.15, -0.1) is 22.2 Å². The Kier molecular flexibility index (Phi) is 2.63. The summed E-state index contributed by atoms with van der Waals surface area (Å²) in [6.45, 7) is 1.10. The minimum absolute atomic E-state index is 0.485. The van der Waals surface area contributed by atoms with E-state index in [1.54, 1.807) is 0 Å². The number of nitrogens with one attached hydrogen (secondary N) is 1. The van der Waals surface area contributed by atoms with Gasteiger partial charge in [0.05, 0.1) is 0 Å². The van der Waals surface area contributed by atoms with Crippen LogP contribution in [0.25, 0.3) is 0 Å². The Labute approximate surface area is 60.4 Å². The van der Waals surface area contributed by atoms with E-state index >= 15 is 0 Å². The molecule has 1 fully saturated rings. The average Bonchev–Trinajstić information content (AvgIpc) is 2.12. The van der Waals surface area contributed by atoms with Gasteiger partial charge in [0.15, 0.2) is 0 Å². The zero-order valence-corrected chi connectivity index (χ0v) is 7.20. The third kappa shape index (κ3) is 1.62. The molecule has 1 N–H and O–H groups in total. The first-order valence-electron chi connectivity index (χ1n) is 2.82. The summed E-state index contributed by atoms with van der Waals surface area (Å²) >= 11 is 11.5. The maximum absolute atomic E-state index is 5.73. The van der Waals surface area contributed by atoms with Crippen molar-refractivity contribution in [3.63, 3.8) is 0 Å². The van der Waals surface area contributed by atoms with Crippen LogP contribution in [0.4, 0.5) is 0 Å². The lowest BCUT2D eigenvalue weighted by Crippen LogP contribution is -2.30. The summed E-state index contributed by atoms with van der Waals surface area (Å²) in [7, 11) is -1.39. The standard InChI is InChI=1S/C4H9Cl2NSi/c5-8(6)4-2-1-3-7-4/h4,7-8H,1-3H2. The molecule has 1 saturated heterocycles. The highest BCUT2D eigenvalue weighted by atomic mass is 35.7. The molecule has 0 radical (unpaired) electrons. The van der Waals surface area contributed by atoms with E-state index in [1.165, 1.54) is 12.8 Å². The third-order valence-electron chi connectivity index (χ3n) is 1.40.